The van der Waals surface area contributed by atoms with E-state index in [-0.39, 0.29) is 28.7 Å². The Morgan fingerprint density at radius 2 is 1.77 bits per heavy atom. The molecule has 11 heteroatoms. The number of hydrogen-bond donors (Lipinski definition) is 1. The average Bonchev–Trinajstić information content (AvgIpc) is 3.63. The number of nitrogens with one attached hydrogen (secondary N) is 1. The maximum absolute atomic E-state index is 13.7. The van der Waals surface area contributed by atoms with E-state index in [9.17, 15) is 18.0 Å². The van der Waals surface area contributed by atoms with Gasteiger partial charge >= 0.3 is 16.2 Å². The van der Waals surface area contributed by atoms with E-state index in [1.807, 2.05) is 25.1 Å². The van der Waals surface area contributed by atoms with Crippen LogP contribution in [0.4, 0.5) is 4.79 Å². The summed E-state index contributed by atoms with van der Waals surface area (Å²) in [6.45, 7) is 12.1. The summed E-state index contributed by atoms with van der Waals surface area (Å²) in [6.07, 6.45) is 3.09. The van der Waals surface area contributed by atoms with Gasteiger partial charge in [0.15, 0.2) is 0 Å². The van der Waals surface area contributed by atoms with Crippen molar-refractivity contribution < 1.29 is 26.9 Å². The van der Waals surface area contributed by atoms with Gasteiger partial charge in [0.05, 0.1) is 16.8 Å². The van der Waals surface area contributed by atoms with Gasteiger partial charge in [0, 0.05) is 39.4 Å². The second kappa shape index (κ2) is 11.4. The van der Waals surface area contributed by atoms with Gasteiger partial charge in [-0.1, -0.05) is 12.5 Å². The van der Waals surface area contributed by atoms with Crippen LogP contribution in [0.1, 0.15) is 71.3 Å². The van der Waals surface area contributed by atoms with Gasteiger partial charge in [-0.05, 0) is 103 Å². The quantitative estimate of drug-likeness (QED) is 0.233. The van der Waals surface area contributed by atoms with E-state index in [1.165, 1.54) is 35.2 Å². The first-order valence-corrected chi connectivity index (χ1v) is 17.1. The highest BCUT2D eigenvalue weighted by Gasteiger charge is 2.33. The zero-order valence-corrected chi connectivity index (χ0v) is 27.3. The molecule has 232 valence electrons. The van der Waals surface area contributed by atoms with Crippen LogP contribution in [0.25, 0.3) is 22.2 Å². The number of nitrogens with zero attached hydrogens (tertiary/aromatic N) is 2. The first-order valence-electron chi connectivity index (χ1n) is 14.9. The molecule has 4 heterocycles. The van der Waals surface area contributed by atoms with Crippen LogP contribution in [0.3, 0.4) is 0 Å². The maximum atomic E-state index is 13.7. The number of thiophene rings is 1. The van der Waals surface area contributed by atoms with Gasteiger partial charge in [-0.3, -0.25) is 9.69 Å². The Balaban J connectivity index is 1.46. The highest BCUT2D eigenvalue weighted by atomic mass is 32.2. The van der Waals surface area contributed by atoms with Gasteiger partial charge in [-0.25, -0.2) is 9.36 Å². The Hall–Kier alpha value is -3.67. The summed E-state index contributed by atoms with van der Waals surface area (Å²) in [5.41, 5.74) is 2.73. The smallest absolute Gasteiger partial charge is 0.419 e. The summed E-state index contributed by atoms with van der Waals surface area (Å²) in [5, 5.41) is 3.66. The van der Waals surface area contributed by atoms with Crippen LogP contribution < -0.4 is 9.50 Å². The average molecular weight is 636 g/mol. The minimum atomic E-state index is -4.13. The number of carbonyl (C=O) groups is 2. The van der Waals surface area contributed by atoms with E-state index in [0.717, 1.165) is 35.5 Å². The molecule has 4 aromatic rings. The zero-order valence-electron chi connectivity index (χ0n) is 25.7. The molecule has 2 aromatic carbocycles. The van der Waals surface area contributed by atoms with Crippen molar-refractivity contribution >= 4 is 44.4 Å². The van der Waals surface area contributed by atoms with Crippen LogP contribution in [0, 0.1) is 13.8 Å². The molecule has 6 rings (SSSR count). The third kappa shape index (κ3) is 5.88. The molecule has 44 heavy (non-hydrogen) atoms. The predicted octanol–water partition coefficient (Wildman–Crippen LogP) is 6.77. The molecular formula is C33H37N3O6S2. The molecule has 0 bridgehead atoms. The fraction of sp³-hybridized carbons (Fsp3) is 0.394. The number of hydrogen-bond acceptors (Lipinski definition) is 8. The number of amides is 1. The largest absolute Gasteiger partial charge is 0.443 e. The van der Waals surface area contributed by atoms with Crippen LogP contribution in [0.15, 0.2) is 47.4 Å². The topological polar surface area (TPSA) is 107 Å². The Morgan fingerprint density at radius 1 is 1.02 bits per heavy atom. The minimum absolute atomic E-state index is 0.0779. The summed E-state index contributed by atoms with van der Waals surface area (Å²) in [4.78, 5) is 31.0. The van der Waals surface area contributed by atoms with E-state index in [1.54, 1.807) is 45.9 Å². The molecule has 2 aliphatic heterocycles. The standard InChI is InChI=1S/C33H37N3O6S2/c1-20-15-29(21(2)43-20)44(39,40)42-28-12-10-24(30-25(28)18-34-31(30)37)27-17-23-16-22(19-35-13-7-6-8-14-35)9-11-26(23)36(27)32(38)41-33(3,4)5/h9-12,15-17H,6-8,13-14,18-19H2,1-5H3,(H,34,37). The number of benzene rings is 2. The lowest BCUT2D eigenvalue weighted by Crippen LogP contribution is -2.29. The van der Waals surface area contributed by atoms with Crippen LogP contribution >= 0.6 is 11.3 Å². The van der Waals surface area contributed by atoms with Gasteiger partial charge in [0.2, 0.25) is 0 Å². The molecule has 0 saturated carbocycles. The third-order valence-electron chi connectivity index (χ3n) is 7.96. The molecule has 0 radical (unpaired) electrons. The van der Waals surface area contributed by atoms with E-state index >= 15 is 0 Å². The summed E-state index contributed by atoms with van der Waals surface area (Å²) < 4.78 is 39.5. The van der Waals surface area contributed by atoms with Crippen molar-refractivity contribution in [3.05, 3.63) is 68.9 Å². The number of aromatic nitrogens is 1. The van der Waals surface area contributed by atoms with Crippen molar-refractivity contribution in [2.75, 3.05) is 13.1 Å². The van der Waals surface area contributed by atoms with Crippen molar-refractivity contribution in [3.63, 3.8) is 0 Å². The molecule has 0 unspecified atom stereocenters. The highest BCUT2D eigenvalue weighted by Crippen LogP contribution is 2.39. The molecule has 1 saturated heterocycles. The Morgan fingerprint density at radius 3 is 2.45 bits per heavy atom. The summed E-state index contributed by atoms with van der Waals surface area (Å²) in [7, 11) is -4.13. The van der Waals surface area contributed by atoms with Crippen molar-refractivity contribution in [1.29, 1.82) is 0 Å². The molecule has 9 nitrogen and oxygen atoms in total. The highest BCUT2D eigenvalue weighted by molar-refractivity contribution is 7.87. The van der Waals surface area contributed by atoms with Gasteiger partial charge in [0.1, 0.15) is 16.2 Å². The van der Waals surface area contributed by atoms with Crippen LogP contribution in [-0.2, 0) is 27.9 Å². The summed E-state index contributed by atoms with van der Waals surface area (Å²) in [6, 6.07) is 12.7. The van der Waals surface area contributed by atoms with E-state index in [0.29, 0.717) is 27.2 Å². The maximum Gasteiger partial charge on any atom is 0.419 e. The number of fused-ring (bicyclic) bond motifs is 2. The number of piperidine rings is 1. The van der Waals surface area contributed by atoms with Crippen molar-refractivity contribution in [1.82, 2.24) is 14.8 Å². The number of rotatable bonds is 6. The number of ether oxygens (including phenoxy) is 1. The lowest BCUT2D eigenvalue weighted by atomic mass is 9.99. The Bertz CT molecular complexity index is 1890. The number of likely N-dealkylation sites (tertiary alicyclic amines) is 1. The fourth-order valence-corrected chi connectivity index (χ4v) is 8.55. The zero-order chi connectivity index (χ0) is 31.4. The number of carbonyl (C=O) groups excluding carboxylic acids is 2. The molecule has 2 aliphatic rings. The third-order valence-corrected chi connectivity index (χ3v) is 10.4. The van der Waals surface area contributed by atoms with Crippen molar-refractivity contribution in [3.8, 4) is 17.0 Å². The molecule has 0 spiro atoms. The van der Waals surface area contributed by atoms with E-state index in [2.05, 4.69) is 16.3 Å². The second-order valence-electron chi connectivity index (χ2n) is 12.5. The van der Waals surface area contributed by atoms with Gasteiger partial charge in [0.25, 0.3) is 5.91 Å². The summed E-state index contributed by atoms with van der Waals surface area (Å²) in [5.74, 6) is -0.290. The summed E-state index contributed by atoms with van der Waals surface area (Å²) >= 11 is 1.38. The normalized spacial score (nSPS) is 15.8. The first kappa shape index (κ1) is 30.4. The Labute approximate surface area is 261 Å². The monoisotopic (exact) mass is 635 g/mol. The lowest BCUT2D eigenvalue weighted by Gasteiger charge is -2.26. The fourth-order valence-electron chi connectivity index (χ4n) is 6.07. The first-order chi connectivity index (χ1) is 20.8. The van der Waals surface area contributed by atoms with Crippen molar-refractivity contribution in [2.24, 2.45) is 0 Å². The van der Waals surface area contributed by atoms with Crippen LogP contribution in [0.2, 0.25) is 0 Å². The van der Waals surface area contributed by atoms with E-state index < -0.39 is 21.8 Å². The molecule has 0 aliphatic carbocycles. The molecular weight excluding hydrogens is 599 g/mol. The predicted molar refractivity (Wildman–Crippen MR) is 171 cm³/mol. The van der Waals surface area contributed by atoms with Crippen molar-refractivity contribution in [2.45, 2.75) is 77.5 Å². The lowest BCUT2D eigenvalue weighted by molar-refractivity contribution is 0.0546. The minimum Gasteiger partial charge on any atom is -0.443 e. The molecule has 0 atom stereocenters. The van der Waals surface area contributed by atoms with E-state index in [4.69, 9.17) is 8.92 Å². The SMILES string of the molecule is Cc1cc(S(=O)(=O)Oc2ccc(-c3cc4cc(CN5CCCCC5)ccc4n3C(=O)OC(C)(C)C)c3c2CNC3=O)c(C)s1. The Kier molecular flexibility index (Phi) is 7.84. The molecule has 1 N–H and O–H groups in total. The van der Waals surface area contributed by atoms with Crippen LogP contribution in [0.5, 0.6) is 5.75 Å². The molecule has 1 amide bonds. The van der Waals surface area contributed by atoms with Crippen LogP contribution in [-0.4, -0.2) is 48.6 Å². The molecule has 2 aromatic heterocycles. The number of aryl methyl sites for hydroxylation is 2. The second-order valence-corrected chi connectivity index (χ2v) is 15.5. The van der Waals surface area contributed by atoms with Gasteiger partial charge in [-0.2, -0.15) is 8.42 Å². The molecule has 1 fully saturated rings. The van der Waals surface area contributed by atoms with Gasteiger partial charge < -0.3 is 14.2 Å². The van der Waals surface area contributed by atoms with Gasteiger partial charge in [-0.15, -0.1) is 11.3 Å².